The molecule has 114 valence electrons. The number of aliphatic hydroxyl groups is 1. The third kappa shape index (κ3) is 2.38. The highest BCUT2D eigenvalue weighted by Gasteiger charge is 2.46. The maximum atomic E-state index is 11.0. The van der Waals surface area contributed by atoms with Crippen molar-refractivity contribution in [1.82, 2.24) is 4.90 Å². The van der Waals surface area contributed by atoms with Gasteiger partial charge in [0.05, 0.1) is 11.0 Å². The van der Waals surface area contributed by atoms with Crippen LogP contribution in [0.1, 0.15) is 38.3 Å². The number of nitrogens with zero attached hydrogens (tertiary/aromatic N) is 2. The molecule has 2 aliphatic rings. The van der Waals surface area contributed by atoms with Crippen molar-refractivity contribution in [3.05, 3.63) is 33.9 Å². The summed E-state index contributed by atoms with van der Waals surface area (Å²) in [6, 6.07) is 4.39. The van der Waals surface area contributed by atoms with Gasteiger partial charge in [0, 0.05) is 17.7 Å². The topological polar surface area (TPSA) is 75.8 Å². The summed E-state index contributed by atoms with van der Waals surface area (Å²) in [6.07, 6.45) is 1.47. The Balaban J connectivity index is 2.08. The molecule has 0 radical (unpaired) electrons. The molecule has 0 bridgehead atoms. The predicted octanol–water partition coefficient (Wildman–Crippen LogP) is 2.26. The van der Waals surface area contributed by atoms with Crippen LogP contribution in [0.5, 0.6) is 5.75 Å². The van der Waals surface area contributed by atoms with Crippen molar-refractivity contribution in [2.45, 2.75) is 44.4 Å². The molecule has 0 spiro atoms. The van der Waals surface area contributed by atoms with Crippen molar-refractivity contribution in [2.75, 3.05) is 13.1 Å². The fourth-order valence-electron chi connectivity index (χ4n) is 3.28. The monoisotopic (exact) mass is 292 g/mol. The number of nitro benzene ring substituents is 1. The average molecular weight is 292 g/mol. The van der Waals surface area contributed by atoms with E-state index in [1.165, 1.54) is 12.1 Å². The van der Waals surface area contributed by atoms with Gasteiger partial charge in [0.25, 0.3) is 5.69 Å². The second kappa shape index (κ2) is 4.96. The molecule has 0 saturated carbocycles. The third-order valence-electron chi connectivity index (χ3n) is 4.44. The van der Waals surface area contributed by atoms with Crippen molar-refractivity contribution in [2.24, 2.45) is 0 Å². The molecule has 6 nitrogen and oxygen atoms in total. The zero-order chi connectivity index (χ0) is 15.2. The number of hydrogen-bond donors (Lipinski definition) is 1. The van der Waals surface area contributed by atoms with Crippen LogP contribution < -0.4 is 4.74 Å². The zero-order valence-electron chi connectivity index (χ0n) is 12.3. The number of benzene rings is 1. The number of fused-ring (bicyclic) bond motifs is 1. The molecule has 1 aromatic carbocycles. The lowest BCUT2D eigenvalue weighted by atomic mass is 9.85. The maximum Gasteiger partial charge on any atom is 0.270 e. The Morgan fingerprint density at radius 2 is 2.05 bits per heavy atom. The summed E-state index contributed by atoms with van der Waals surface area (Å²) in [5.41, 5.74) is 0.0440. The summed E-state index contributed by atoms with van der Waals surface area (Å²) in [5, 5.41) is 21.7. The smallest absolute Gasteiger partial charge is 0.270 e. The lowest BCUT2D eigenvalue weighted by Gasteiger charge is -2.45. The quantitative estimate of drug-likeness (QED) is 0.668. The summed E-state index contributed by atoms with van der Waals surface area (Å²) >= 11 is 0. The van der Waals surface area contributed by atoms with Crippen LogP contribution in [0.3, 0.4) is 0 Å². The molecule has 6 heteroatoms. The molecule has 21 heavy (non-hydrogen) atoms. The zero-order valence-corrected chi connectivity index (χ0v) is 12.3. The van der Waals surface area contributed by atoms with Crippen molar-refractivity contribution >= 4 is 5.69 Å². The van der Waals surface area contributed by atoms with Crippen LogP contribution in [0, 0.1) is 10.1 Å². The molecule has 1 N–H and O–H groups in total. The van der Waals surface area contributed by atoms with E-state index in [2.05, 4.69) is 4.90 Å². The van der Waals surface area contributed by atoms with E-state index in [1.54, 1.807) is 6.07 Å². The third-order valence-corrected chi connectivity index (χ3v) is 4.44. The number of hydrogen-bond acceptors (Lipinski definition) is 5. The minimum Gasteiger partial charge on any atom is -0.485 e. The van der Waals surface area contributed by atoms with E-state index in [9.17, 15) is 15.2 Å². The first-order valence-corrected chi connectivity index (χ1v) is 7.29. The molecular formula is C15H20N2O4. The summed E-state index contributed by atoms with van der Waals surface area (Å²) < 4.78 is 5.86. The Bertz CT molecular complexity index is 567. The second-order valence-corrected chi connectivity index (χ2v) is 6.32. The van der Waals surface area contributed by atoms with Crippen LogP contribution in [0.4, 0.5) is 5.69 Å². The minimum atomic E-state index is -0.717. The van der Waals surface area contributed by atoms with E-state index >= 15 is 0 Å². The Morgan fingerprint density at radius 1 is 1.38 bits per heavy atom. The fraction of sp³-hybridized carbons (Fsp3) is 0.600. The Kier molecular flexibility index (Phi) is 3.37. The first kappa shape index (κ1) is 14.3. The first-order valence-electron chi connectivity index (χ1n) is 7.29. The van der Waals surface area contributed by atoms with Crippen LogP contribution in [-0.4, -0.2) is 39.7 Å². The molecule has 0 aromatic heterocycles. The summed E-state index contributed by atoms with van der Waals surface area (Å²) in [7, 11) is 0. The number of ether oxygens (including phenoxy) is 1. The lowest BCUT2D eigenvalue weighted by molar-refractivity contribution is -0.385. The summed E-state index contributed by atoms with van der Waals surface area (Å²) in [5.74, 6) is 0.632. The molecule has 1 aromatic rings. The molecule has 1 saturated heterocycles. The Labute approximate surface area is 123 Å². The largest absolute Gasteiger partial charge is 0.485 e. The van der Waals surface area contributed by atoms with E-state index < -0.39 is 16.6 Å². The van der Waals surface area contributed by atoms with E-state index in [-0.39, 0.29) is 11.7 Å². The molecular weight excluding hydrogens is 272 g/mol. The number of aliphatic hydroxyl groups excluding tert-OH is 1. The number of rotatable bonds is 2. The molecule has 2 atom stereocenters. The Hall–Kier alpha value is -1.66. The van der Waals surface area contributed by atoms with Crippen LogP contribution in [0.15, 0.2) is 18.2 Å². The van der Waals surface area contributed by atoms with Gasteiger partial charge in [0.1, 0.15) is 17.5 Å². The number of non-ortho nitro benzene ring substituents is 1. The van der Waals surface area contributed by atoms with E-state index in [0.717, 1.165) is 31.5 Å². The van der Waals surface area contributed by atoms with Crippen LogP contribution >= 0.6 is 0 Å². The van der Waals surface area contributed by atoms with Gasteiger partial charge in [0.15, 0.2) is 0 Å². The van der Waals surface area contributed by atoms with Crippen LogP contribution in [0.25, 0.3) is 0 Å². The molecule has 1 fully saturated rings. The molecule has 2 aliphatic heterocycles. The first-order chi connectivity index (χ1) is 9.90. The number of likely N-dealkylation sites (tertiary alicyclic amines) is 1. The standard InChI is InChI=1S/C15H20N2O4/c1-15(2)14(18)13(16-7-3-4-8-16)11-9-10(17(19)20)5-6-12(11)21-15/h5-6,9,13-14,18H,3-4,7-8H2,1-2H3/t13?,14-/m0/s1. The van der Waals surface area contributed by atoms with Gasteiger partial charge in [-0.05, 0) is 45.8 Å². The maximum absolute atomic E-state index is 11.0. The highest BCUT2D eigenvalue weighted by molar-refractivity contribution is 5.48. The molecule has 3 rings (SSSR count). The molecule has 0 aliphatic carbocycles. The Morgan fingerprint density at radius 3 is 2.67 bits per heavy atom. The molecule has 2 heterocycles. The predicted molar refractivity (Wildman–Crippen MR) is 77.4 cm³/mol. The van der Waals surface area contributed by atoms with Crippen LogP contribution in [-0.2, 0) is 0 Å². The van der Waals surface area contributed by atoms with Crippen molar-refractivity contribution in [3.63, 3.8) is 0 Å². The van der Waals surface area contributed by atoms with Gasteiger partial charge in [-0.3, -0.25) is 15.0 Å². The lowest BCUT2D eigenvalue weighted by Crippen LogP contribution is -2.53. The fourth-order valence-corrected chi connectivity index (χ4v) is 3.28. The minimum absolute atomic E-state index is 0.0356. The average Bonchev–Trinajstić information content (AvgIpc) is 2.93. The van der Waals surface area contributed by atoms with Gasteiger partial charge in [-0.25, -0.2) is 0 Å². The SMILES string of the molecule is CC1(C)Oc2ccc([N+](=O)[O-])cc2C(N2CCCC2)[C@@H]1O. The summed E-state index contributed by atoms with van der Waals surface area (Å²) in [6.45, 7) is 5.51. The van der Waals surface area contributed by atoms with E-state index in [0.29, 0.717) is 5.75 Å². The van der Waals surface area contributed by atoms with Crippen molar-refractivity contribution < 1.29 is 14.8 Å². The highest BCUT2D eigenvalue weighted by atomic mass is 16.6. The van der Waals surface area contributed by atoms with Gasteiger partial charge in [-0.2, -0.15) is 0 Å². The van der Waals surface area contributed by atoms with Gasteiger partial charge < -0.3 is 9.84 Å². The van der Waals surface area contributed by atoms with Gasteiger partial charge in [-0.15, -0.1) is 0 Å². The molecule has 1 unspecified atom stereocenters. The van der Waals surface area contributed by atoms with E-state index in [1.807, 2.05) is 13.8 Å². The van der Waals surface area contributed by atoms with Gasteiger partial charge >= 0.3 is 0 Å². The van der Waals surface area contributed by atoms with Gasteiger partial charge in [-0.1, -0.05) is 0 Å². The van der Waals surface area contributed by atoms with Crippen molar-refractivity contribution in [1.29, 1.82) is 0 Å². The van der Waals surface area contributed by atoms with Crippen molar-refractivity contribution in [3.8, 4) is 5.75 Å². The van der Waals surface area contributed by atoms with Crippen LogP contribution in [0.2, 0.25) is 0 Å². The van der Waals surface area contributed by atoms with E-state index in [4.69, 9.17) is 4.74 Å². The highest BCUT2D eigenvalue weighted by Crippen LogP contribution is 2.44. The second-order valence-electron chi connectivity index (χ2n) is 6.32. The van der Waals surface area contributed by atoms with Gasteiger partial charge in [0.2, 0.25) is 0 Å². The normalized spacial score (nSPS) is 28.0. The number of nitro groups is 1. The summed E-state index contributed by atoms with van der Waals surface area (Å²) in [4.78, 5) is 12.8. The molecule has 0 amide bonds.